The molecule has 0 aliphatic carbocycles. The Labute approximate surface area is 257 Å². The van der Waals surface area contributed by atoms with Crippen LogP contribution in [0, 0.1) is 31.6 Å². The van der Waals surface area contributed by atoms with Crippen LogP contribution in [0.4, 0.5) is 4.79 Å². The third kappa shape index (κ3) is 10.4. The summed E-state index contributed by atoms with van der Waals surface area (Å²) in [6.45, 7) is 13.1. The molecule has 2 aromatic rings. The number of para-hydroxylation sites is 1. The molecule has 3 N–H and O–H groups in total. The Morgan fingerprint density at radius 3 is 2.28 bits per heavy atom. The monoisotopic (exact) mass is 593 g/mol. The molecule has 0 unspecified atom stereocenters. The van der Waals surface area contributed by atoms with Gasteiger partial charge < -0.3 is 25.4 Å². The van der Waals surface area contributed by atoms with E-state index < -0.39 is 18.2 Å². The highest BCUT2D eigenvalue weighted by atomic mass is 16.5. The van der Waals surface area contributed by atoms with Gasteiger partial charge in [0.1, 0.15) is 5.75 Å². The molecule has 43 heavy (non-hydrogen) atoms. The van der Waals surface area contributed by atoms with Crippen LogP contribution >= 0.6 is 0 Å². The number of carbonyl (C=O) groups excluding carboxylic acids is 3. The zero-order valence-electron chi connectivity index (χ0n) is 26.8. The summed E-state index contributed by atoms with van der Waals surface area (Å²) >= 11 is 0. The van der Waals surface area contributed by atoms with Gasteiger partial charge in [-0.2, -0.15) is 0 Å². The fourth-order valence-corrected chi connectivity index (χ4v) is 6.22. The molecule has 3 rings (SSSR count). The second-order valence-electron chi connectivity index (χ2n) is 12.8. The Bertz CT molecular complexity index is 1180. The maximum Gasteiger partial charge on any atom is 0.318 e. The molecule has 0 bridgehead atoms. The topological polar surface area (TPSA) is 108 Å². The molecule has 1 saturated heterocycles. The van der Waals surface area contributed by atoms with Crippen molar-refractivity contribution in [2.45, 2.75) is 91.8 Å². The number of ketones is 1. The summed E-state index contributed by atoms with van der Waals surface area (Å²) in [4.78, 5) is 41.1. The van der Waals surface area contributed by atoms with E-state index >= 15 is 0 Å². The number of nitrogens with zero attached hydrogens (tertiary/aromatic N) is 1. The number of urea groups is 1. The zero-order chi connectivity index (χ0) is 31.5. The Hall–Kier alpha value is -3.39. The molecule has 8 nitrogen and oxygen atoms in total. The molecule has 4 atom stereocenters. The van der Waals surface area contributed by atoms with Crippen LogP contribution in [-0.2, 0) is 16.0 Å². The lowest BCUT2D eigenvalue weighted by atomic mass is 9.82. The number of rotatable bonds is 16. The third-order valence-electron chi connectivity index (χ3n) is 8.15. The highest BCUT2D eigenvalue weighted by Gasteiger charge is 2.35. The lowest BCUT2D eigenvalue weighted by Crippen LogP contribution is -2.55. The number of aryl methyl sites for hydroxylation is 2. The van der Waals surface area contributed by atoms with Gasteiger partial charge in [0.15, 0.2) is 12.4 Å². The Balaban J connectivity index is 1.74. The van der Waals surface area contributed by atoms with Crippen LogP contribution in [0.2, 0.25) is 0 Å². The molecule has 8 heteroatoms. The second-order valence-corrected chi connectivity index (χ2v) is 12.8. The minimum Gasteiger partial charge on any atom is -0.483 e. The molecule has 0 spiro atoms. The van der Waals surface area contributed by atoms with Gasteiger partial charge in [0.05, 0.1) is 18.2 Å². The fourth-order valence-electron chi connectivity index (χ4n) is 6.22. The van der Waals surface area contributed by atoms with Crippen molar-refractivity contribution in [2.24, 2.45) is 17.8 Å². The molecule has 236 valence electrons. The predicted octanol–water partition coefficient (Wildman–Crippen LogP) is 5.22. The first kappa shape index (κ1) is 34.1. The van der Waals surface area contributed by atoms with Crippen LogP contribution in [-0.4, -0.2) is 65.6 Å². The fraction of sp³-hybridized carbons (Fsp3) is 0.571. The van der Waals surface area contributed by atoms with Gasteiger partial charge >= 0.3 is 6.03 Å². The van der Waals surface area contributed by atoms with Crippen molar-refractivity contribution in [1.82, 2.24) is 15.5 Å². The van der Waals surface area contributed by atoms with Crippen LogP contribution < -0.4 is 15.4 Å². The minimum absolute atomic E-state index is 0.0237. The second kappa shape index (κ2) is 16.5. The smallest absolute Gasteiger partial charge is 0.318 e. The van der Waals surface area contributed by atoms with Gasteiger partial charge in [-0.3, -0.25) is 9.59 Å². The van der Waals surface area contributed by atoms with Crippen LogP contribution in [0.1, 0.15) is 70.1 Å². The van der Waals surface area contributed by atoms with E-state index in [-0.39, 0.29) is 42.6 Å². The lowest BCUT2D eigenvalue weighted by molar-refractivity contribution is -0.127. The number of hydrogen-bond acceptors (Lipinski definition) is 5. The number of ether oxygens (including phenoxy) is 1. The summed E-state index contributed by atoms with van der Waals surface area (Å²) in [6.07, 6.45) is 1.75. The molecule has 1 heterocycles. The Kier molecular flexibility index (Phi) is 13.1. The van der Waals surface area contributed by atoms with Crippen molar-refractivity contribution in [2.75, 3.05) is 19.7 Å². The molecule has 1 aliphatic heterocycles. The van der Waals surface area contributed by atoms with Crippen molar-refractivity contribution in [3.8, 4) is 5.75 Å². The van der Waals surface area contributed by atoms with Crippen LogP contribution in [0.3, 0.4) is 0 Å². The number of hydrogen-bond donors (Lipinski definition) is 3. The maximum atomic E-state index is 13.7. The van der Waals surface area contributed by atoms with Gasteiger partial charge in [-0.15, -0.1) is 0 Å². The van der Waals surface area contributed by atoms with Gasteiger partial charge in [0, 0.05) is 19.5 Å². The number of benzene rings is 2. The van der Waals surface area contributed by atoms with E-state index in [1.807, 2.05) is 76.2 Å². The summed E-state index contributed by atoms with van der Waals surface area (Å²) in [7, 11) is 0. The third-order valence-corrected chi connectivity index (χ3v) is 8.15. The van der Waals surface area contributed by atoms with Crippen molar-refractivity contribution in [1.29, 1.82) is 0 Å². The van der Waals surface area contributed by atoms with E-state index in [1.54, 1.807) is 4.90 Å². The number of aliphatic hydroxyl groups is 1. The van der Waals surface area contributed by atoms with E-state index in [9.17, 15) is 19.5 Å². The molecule has 0 radical (unpaired) electrons. The number of nitrogens with one attached hydrogen (secondary N) is 2. The van der Waals surface area contributed by atoms with E-state index in [0.29, 0.717) is 37.6 Å². The number of amides is 3. The molecular weight excluding hydrogens is 542 g/mol. The largest absolute Gasteiger partial charge is 0.483 e. The zero-order valence-corrected chi connectivity index (χ0v) is 26.8. The minimum atomic E-state index is -0.878. The van der Waals surface area contributed by atoms with Crippen LogP contribution in [0.25, 0.3) is 0 Å². The van der Waals surface area contributed by atoms with Crippen LogP contribution in [0.5, 0.6) is 5.75 Å². The lowest BCUT2D eigenvalue weighted by Gasteiger charge is -2.37. The molecule has 2 aromatic carbocycles. The van der Waals surface area contributed by atoms with Gasteiger partial charge in [-0.05, 0) is 74.0 Å². The summed E-state index contributed by atoms with van der Waals surface area (Å²) in [5.74, 6) is 0.593. The van der Waals surface area contributed by atoms with Crippen molar-refractivity contribution >= 4 is 17.7 Å². The highest BCUT2D eigenvalue weighted by Crippen LogP contribution is 2.27. The summed E-state index contributed by atoms with van der Waals surface area (Å²) < 4.78 is 5.89. The first-order valence-corrected chi connectivity index (χ1v) is 15.7. The van der Waals surface area contributed by atoms with Gasteiger partial charge in [0.25, 0.3) is 5.91 Å². The normalized spacial score (nSPS) is 16.4. The number of carbonyl (C=O) groups is 3. The van der Waals surface area contributed by atoms with Crippen molar-refractivity contribution in [3.63, 3.8) is 0 Å². The van der Waals surface area contributed by atoms with E-state index in [2.05, 4.69) is 24.5 Å². The summed E-state index contributed by atoms with van der Waals surface area (Å²) in [5, 5.41) is 17.5. The van der Waals surface area contributed by atoms with Gasteiger partial charge in [-0.25, -0.2) is 4.79 Å². The number of Topliss-reactive ketones (excluding diaryl/α,β-unsaturated/α-hetero) is 1. The average Bonchev–Trinajstić information content (AvgIpc) is 2.93. The van der Waals surface area contributed by atoms with Gasteiger partial charge in [0.2, 0.25) is 0 Å². The average molecular weight is 594 g/mol. The van der Waals surface area contributed by atoms with E-state index in [0.717, 1.165) is 29.5 Å². The Morgan fingerprint density at radius 1 is 1.00 bits per heavy atom. The molecule has 3 amide bonds. The standard InChI is InChI=1S/C35H51N3O5/c1-23(2)18-28(21-31(40)33(24(3)4)38-17-11-16-36-35(38)42)20-30(39)29(19-27-14-8-7-9-15-27)37-32(41)22-43-34-25(5)12-10-13-26(34)6/h7-10,12-15,23-24,28-30,33,39H,11,16-22H2,1-6H3,(H,36,42)(H,37,41)/t28-,29+,30+,33+/m1/s1. The van der Waals surface area contributed by atoms with E-state index in [4.69, 9.17) is 4.74 Å². The molecule has 1 aliphatic rings. The van der Waals surface area contributed by atoms with Gasteiger partial charge in [-0.1, -0.05) is 76.2 Å². The first-order valence-electron chi connectivity index (χ1n) is 15.7. The SMILES string of the molecule is Cc1cccc(C)c1OCC(=O)N[C@@H](Cc1ccccc1)[C@@H](O)C[C@H](CC(=O)[C@H](C(C)C)N1CCCNC1=O)CC(C)C. The highest BCUT2D eigenvalue weighted by molar-refractivity contribution is 5.89. The molecule has 1 fully saturated rings. The summed E-state index contributed by atoms with van der Waals surface area (Å²) in [6, 6.07) is 14.4. The maximum absolute atomic E-state index is 13.7. The molecule has 0 saturated carbocycles. The number of aliphatic hydroxyl groups excluding tert-OH is 1. The van der Waals surface area contributed by atoms with Crippen molar-refractivity contribution < 1.29 is 24.2 Å². The van der Waals surface area contributed by atoms with Crippen LogP contribution in [0.15, 0.2) is 48.5 Å². The Morgan fingerprint density at radius 2 is 1.67 bits per heavy atom. The molecular formula is C35H51N3O5. The van der Waals surface area contributed by atoms with E-state index in [1.165, 1.54) is 0 Å². The molecule has 0 aromatic heterocycles. The first-order chi connectivity index (χ1) is 20.5. The predicted molar refractivity (Wildman–Crippen MR) is 170 cm³/mol. The summed E-state index contributed by atoms with van der Waals surface area (Å²) in [5.41, 5.74) is 2.91. The van der Waals surface area contributed by atoms with Crippen molar-refractivity contribution in [3.05, 3.63) is 65.2 Å². The quantitative estimate of drug-likeness (QED) is 0.247.